The summed E-state index contributed by atoms with van der Waals surface area (Å²) in [6, 6.07) is 10.6. The monoisotopic (exact) mass is 371 g/mol. The third kappa shape index (κ3) is 3.04. The summed E-state index contributed by atoms with van der Waals surface area (Å²) in [6.07, 6.45) is 0. The molecule has 2 N–H and O–H groups in total. The molecule has 2 aromatic rings. The number of fused-ring (bicyclic) bond motifs is 1. The first-order valence-electron chi connectivity index (χ1n) is 7.56. The quantitative estimate of drug-likeness (QED) is 0.292. The molecule has 7 nitrogen and oxygen atoms in total. The fraction of sp³-hybridized carbons (Fsp3) is 0.111. The molecule has 26 heavy (non-hydrogen) atoms. The number of ether oxygens (including phenoxy) is 1. The number of hydrogen-bond donors (Lipinski definition) is 1. The molecule has 1 aliphatic rings. The highest BCUT2D eigenvalue weighted by Gasteiger charge is 2.36. The Morgan fingerprint density at radius 2 is 1.77 bits per heavy atom. The third-order valence-corrected chi connectivity index (χ3v) is 4.10. The Bertz CT molecular complexity index is 938. The maximum Gasteiger partial charge on any atom is 0.337 e. The van der Waals surface area contributed by atoms with E-state index in [0.29, 0.717) is 16.9 Å². The summed E-state index contributed by atoms with van der Waals surface area (Å²) in [4.78, 5) is 41.9. The van der Waals surface area contributed by atoms with Crippen LogP contribution < -0.4 is 10.6 Å². The van der Waals surface area contributed by atoms with Crippen LogP contribution in [0.1, 0.15) is 31.1 Å². The SMILES string of the molecule is COC(=O)c1ccc(N2C(=O)c3ccc(N=C(N)CCl)cc3C2=O)cc1. The molecule has 132 valence electrons. The number of anilines is 1. The lowest BCUT2D eigenvalue weighted by Gasteiger charge is -2.14. The number of amidine groups is 1. The van der Waals surface area contributed by atoms with Crippen LogP contribution in [0.3, 0.4) is 0 Å². The van der Waals surface area contributed by atoms with Crippen LogP contribution in [0.15, 0.2) is 47.5 Å². The highest BCUT2D eigenvalue weighted by molar-refractivity contribution is 6.34. The van der Waals surface area contributed by atoms with Gasteiger partial charge in [0.05, 0.1) is 41.1 Å². The first kappa shape index (κ1) is 17.6. The molecule has 0 fully saturated rings. The first-order chi connectivity index (χ1) is 12.5. The van der Waals surface area contributed by atoms with Gasteiger partial charge >= 0.3 is 5.97 Å². The second-order valence-electron chi connectivity index (χ2n) is 5.45. The Labute approximate surface area is 154 Å². The number of amides is 2. The van der Waals surface area contributed by atoms with E-state index in [2.05, 4.69) is 9.73 Å². The van der Waals surface area contributed by atoms with Gasteiger partial charge in [0.25, 0.3) is 11.8 Å². The van der Waals surface area contributed by atoms with E-state index in [0.717, 1.165) is 4.90 Å². The van der Waals surface area contributed by atoms with Gasteiger partial charge in [0.1, 0.15) is 5.84 Å². The van der Waals surface area contributed by atoms with Crippen molar-refractivity contribution in [2.75, 3.05) is 17.9 Å². The number of aliphatic imine (C=N–C) groups is 1. The van der Waals surface area contributed by atoms with Crippen molar-refractivity contribution in [3.63, 3.8) is 0 Å². The van der Waals surface area contributed by atoms with Gasteiger partial charge in [0.2, 0.25) is 0 Å². The summed E-state index contributed by atoms with van der Waals surface area (Å²) in [6.45, 7) is 0. The normalized spacial score (nSPS) is 13.8. The van der Waals surface area contributed by atoms with Crippen LogP contribution in [-0.2, 0) is 4.74 Å². The molecule has 0 aromatic heterocycles. The standard InChI is InChI=1S/C18H14ClN3O4/c1-26-18(25)10-2-5-12(6-3-10)22-16(23)13-7-4-11(21-15(20)9-19)8-14(13)17(22)24/h2-8H,9H2,1H3,(H2,20,21). The molecule has 1 heterocycles. The zero-order valence-corrected chi connectivity index (χ0v) is 14.5. The number of halogens is 1. The van der Waals surface area contributed by atoms with E-state index in [-0.39, 0.29) is 22.8 Å². The van der Waals surface area contributed by atoms with Crippen LogP contribution in [0.25, 0.3) is 0 Å². The average Bonchev–Trinajstić information content (AvgIpc) is 2.91. The fourth-order valence-corrected chi connectivity index (χ4v) is 2.65. The highest BCUT2D eigenvalue weighted by atomic mass is 35.5. The maximum absolute atomic E-state index is 12.7. The zero-order chi connectivity index (χ0) is 18.8. The van der Waals surface area contributed by atoms with Crippen molar-refractivity contribution in [1.29, 1.82) is 0 Å². The Morgan fingerprint density at radius 1 is 1.12 bits per heavy atom. The van der Waals surface area contributed by atoms with E-state index in [1.54, 1.807) is 6.07 Å². The van der Waals surface area contributed by atoms with Crippen molar-refractivity contribution < 1.29 is 19.1 Å². The second kappa shape index (κ2) is 6.97. The van der Waals surface area contributed by atoms with Crippen molar-refractivity contribution in [2.24, 2.45) is 10.7 Å². The zero-order valence-electron chi connectivity index (χ0n) is 13.7. The van der Waals surface area contributed by atoms with Crippen molar-refractivity contribution in [1.82, 2.24) is 0 Å². The van der Waals surface area contributed by atoms with E-state index in [1.165, 1.54) is 43.5 Å². The highest BCUT2D eigenvalue weighted by Crippen LogP contribution is 2.31. The van der Waals surface area contributed by atoms with Gasteiger partial charge in [-0.1, -0.05) is 0 Å². The van der Waals surface area contributed by atoms with E-state index < -0.39 is 17.8 Å². The largest absolute Gasteiger partial charge is 0.465 e. The number of methoxy groups -OCH3 is 1. The van der Waals surface area contributed by atoms with Crippen LogP contribution in [0.4, 0.5) is 11.4 Å². The predicted molar refractivity (Wildman–Crippen MR) is 97.4 cm³/mol. The van der Waals surface area contributed by atoms with Crippen molar-refractivity contribution in [3.8, 4) is 0 Å². The van der Waals surface area contributed by atoms with Gasteiger partial charge in [0.15, 0.2) is 0 Å². The summed E-state index contributed by atoms with van der Waals surface area (Å²) in [5.74, 6) is -1.16. The topological polar surface area (TPSA) is 102 Å². The minimum atomic E-state index is -0.502. The second-order valence-corrected chi connectivity index (χ2v) is 5.72. The van der Waals surface area contributed by atoms with Gasteiger partial charge in [-0.3, -0.25) is 9.59 Å². The van der Waals surface area contributed by atoms with E-state index in [4.69, 9.17) is 17.3 Å². The number of esters is 1. The molecule has 3 rings (SSSR count). The number of alkyl halides is 1. The molecule has 0 saturated heterocycles. The third-order valence-electron chi connectivity index (χ3n) is 3.83. The number of carbonyl (C=O) groups is 3. The van der Waals surface area contributed by atoms with Crippen molar-refractivity contribution in [2.45, 2.75) is 0 Å². The number of benzene rings is 2. The predicted octanol–water partition coefficient (Wildman–Crippen LogP) is 2.50. The van der Waals surface area contributed by atoms with Crippen molar-refractivity contribution >= 4 is 46.6 Å². The Kier molecular flexibility index (Phi) is 4.73. The van der Waals surface area contributed by atoms with E-state index >= 15 is 0 Å². The van der Waals surface area contributed by atoms with Crippen LogP contribution in [0, 0.1) is 0 Å². The van der Waals surface area contributed by atoms with Crippen LogP contribution >= 0.6 is 11.6 Å². The lowest BCUT2D eigenvalue weighted by atomic mass is 10.1. The number of hydrogen-bond acceptors (Lipinski definition) is 5. The van der Waals surface area contributed by atoms with Crippen molar-refractivity contribution in [3.05, 3.63) is 59.2 Å². The van der Waals surface area contributed by atoms with E-state index in [9.17, 15) is 14.4 Å². The molecule has 0 unspecified atom stereocenters. The maximum atomic E-state index is 12.7. The molecular weight excluding hydrogens is 358 g/mol. The Morgan fingerprint density at radius 3 is 2.38 bits per heavy atom. The number of nitrogens with two attached hydrogens (primary N) is 1. The Hall–Kier alpha value is -3.19. The van der Waals surface area contributed by atoms with Gasteiger partial charge in [0, 0.05) is 0 Å². The van der Waals surface area contributed by atoms with Gasteiger partial charge in [-0.05, 0) is 42.5 Å². The minimum Gasteiger partial charge on any atom is -0.465 e. The fourth-order valence-electron chi connectivity index (χ4n) is 2.59. The minimum absolute atomic E-state index is 0.0582. The van der Waals surface area contributed by atoms with Crippen LogP contribution in [0.5, 0.6) is 0 Å². The smallest absolute Gasteiger partial charge is 0.337 e. The van der Waals surface area contributed by atoms with Crippen LogP contribution in [-0.4, -0.2) is 36.6 Å². The molecule has 0 bridgehead atoms. The van der Waals surface area contributed by atoms with Gasteiger partial charge in [-0.15, -0.1) is 11.6 Å². The molecular formula is C18H14ClN3O4. The summed E-state index contributed by atoms with van der Waals surface area (Å²) in [5.41, 5.74) is 7.22. The summed E-state index contributed by atoms with van der Waals surface area (Å²) in [5, 5.41) is 0. The lowest BCUT2D eigenvalue weighted by molar-refractivity contribution is 0.0600. The molecule has 2 aromatic carbocycles. The Balaban J connectivity index is 1.95. The molecule has 0 saturated carbocycles. The lowest BCUT2D eigenvalue weighted by Crippen LogP contribution is -2.29. The molecule has 0 atom stereocenters. The molecule has 8 heteroatoms. The van der Waals surface area contributed by atoms with Gasteiger partial charge in [-0.2, -0.15) is 0 Å². The molecule has 0 aliphatic carbocycles. The number of rotatable bonds is 4. The van der Waals surface area contributed by atoms with E-state index in [1.807, 2.05) is 0 Å². The summed E-state index contributed by atoms with van der Waals surface area (Å²) < 4.78 is 4.63. The first-order valence-corrected chi connectivity index (χ1v) is 8.10. The average molecular weight is 372 g/mol. The van der Waals surface area contributed by atoms with Gasteiger partial charge in [-0.25, -0.2) is 14.7 Å². The summed E-state index contributed by atoms with van der Waals surface area (Å²) in [7, 11) is 1.28. The van der Waals surface area contributed by atoms with Gasteiger partial charge < -0.3 is 10.5 Å². The molecule has 0 spiro atoms. The molecule has 0 radical (unpaired) electrons. The molecule has 1 aliphatic heterocycles. The summed E-state index contributed by atoms with van der Waals surface area (Å²) >= 11 is 5.60. The van der Waals surface area contributed by atoms with Crippen LogP contribution in [0.2, 0.25) is 0 Å². The molecule has 2 amide bonds. The number of imide groups is 1. The number of nitrogens with zero attached hydrogens (tertiary/aromatic N) is 2. The number of carbonyl (C=O) groups excluding carboxylic acids is 3.